The molecule has 0 aliphatic carbocycles. The Hall–Kier alpha value is -0.800. The van der Waals surface area contributed by atoms with Crippen LogP contribution in [0.3, 0.4) is 0 Å². The fraction of sp³-hybridized carbons (Fsp3) is 0.267. The molecule has 0 aliphatic heterocycles. The number of hydrogen-bond acceptors (Lipinski definition) is 2. The number of aromatic nitrogens is 1. The van der Waals surface area contributed by atoms with Crippen LogP contribution in [0, 0.1) is 0 Å². The van der Waals surface area contributed by atoms with Gasteiger partial charge in [0.1, 0.15) is 0 Å². The Kier molecular flexibility index (Phi) is 5.67. The first kappa shape index (κ1) is 15.6. The van der Waals surface area contributed by atoms with Crippen LogP contribution in [0.4, 0.5) is 0 Å². The van der Waals surface area contributed by atoms with Crippen LogP contribution in [-0.4, -0.2) is 11.5 Å². The minimum Gasteiger partial charge on any atom is -0.309 e. The van der Waals surface area contributed by atoms with Gasteiger partial charge in [-0.05, 0) is 48.9 Å². The summed E-state index contributed by atoms with van der Waals surface area (Å²) in [6, 6.07) is 9.14. The van der Waals surface area contributed by atoms with E-state index in [0.717, 1.165) is 17.8 Å². The average molecular weight is 330 g/mol. The predicted octanol–water partition coefficient (Wildman–Crippen LogP) is 4.94. The summed E-state index contributed by atoms with van der Waals surface area (Å²) in [6.45, 7) is 2.86. The second kappa shape index (κ2) is 7.28. The molecule has 1 atom stereocenters. The summed E-state index contributed by atoms with van der Waals surface area (Å²) in [7, 11) is 0. The van der Waals surface area contributed by atoms with Gasteiger partial charge in [0, 0.05) is 16.2 Å². The monoisotopic (exact) mass is 328 g/mol. The molecular formula is C15H15Cl3N2. The van der Waals surface area contributed by atoms with Crippen molar-refractivity contribution in [3.8, 4) is 0 Å². The van der Waals surface area contributed by atoms with Crippen LogP contribution in [0.25, 0.3) is 0 Å². The summed E-state index contributed by atoms with van der Waals surface area (Å²) >= 11 is 18.5. The summed E-state index contributed by atoms with van der Waals surface area (Å²) in [4.78, 5) is 4.37. The Balaban J connectivity index is 2.30. The van der Waals surface area contributed by atoms with Crippen LogP contribution in [0.15, 0.2) is 36.5 Å². The molecule has 0 amide bonds. The van der Waals surface area contributed by atoms with Crippen LogP contribution >= 0.6 is 34.8 Å². The standard InChI is InChI=1S/C15H15Cl3N2/c1-2-19-14(15-13(18)4-3-7-20-15)9-10-8-11(16)5-6-12(10)17/h3-8,14,19H,2,9H2,1H3. The molecular weight excluding hydrogens is 315 g/mol. The Morgan fingerprint density at radius 2 is 1.95 bits per heavy atom. The van der Waals surface area contributed by atoms with Crippen molar-refractivity contribution in [2.75, 3.05) is 6.54 Å². The summed E-state index contributed by atoms with van der Waals surface area (Å²) in [5, 5.41) is 5.41. The molecule has 1 unspecified atom stereocenters. The van der Waals surface area contributed by atoms with E-state index in [1.807, 2.05) is 31.2 Å². The van der Waals surface area contributed by atoms with Crippen molar-refractivity contribution >= 4 is 34.8 Å². The predicted molar refractivity (Wildman–Crippen MR) is 85.8 cm³/mol. The number of halogens is 3. The van der Waals surface area contributed by atoms with Gasteiger partial charge in [-0.15, -0.1) is 0 Å². The first-order valence-corrected chi connectivity index (χ1v) is 7.53. The quantitative estimate of drug-likeness (QED) is 0.841. The van der Waals surface area contributed by atoms with E-state index in [2.05, 4.69) is 10.3 Å². The lowest BCUT2D eigenvalue weighted by molar-refractivity contribution is 0.537. The zero-order chi connectivity index (χ0) is 14.5. The maximum Gasteiger partial charge on any atom is 0.0762 e. The molecule has 5 heteroatoms. The summed E-state index contributed by atoms with van der Waals surface area (Å²) in [6.07, 6.45) is 2.43. The molecule has 106 valence electrons. The largest absolute Gasteiger partial charge is 0.309 e. The van der Waals surface area contributed by atoms with Gasteiger partial charge < -0.3 is 5.32 Å². The van der Waals surface area contributed by atoms with Gasteiger partial charge in [-0.2, -0.15) is 0 Å². The third-order valence-corrected chi connectivity index (χ3v) is 3.92. The third kappa shape index (κ3) is 3.86. The lowest BCUT2D eigenvalue weighted by atomic mass is 10.0. The van der Waals surface area contributed by atoms with Crippen LogP contribution in [0.1, 0.15) is 24.2 Å². The second-order valence-corrected chi connectivity index (χ2v) is 5.67. The number of pyridine rings is 1. The third-order valence-electron chi connectivity index (χ3n) is 3.00. The number of hydrogen-bond donors (Lipinski definition) is 1. The van der Waals surface area contributed by atoms with E-state index < -0.39 is 0 Å². The zero-order valence-corrected chi connectivity index (χ0v) is 13.3. The highest BCUT2D eigenvalue weighted by atomic mass is 35.5. The zero-order valence-electron chi connectivity index (χ0n) is 11.0. The van der Waals surface area contributed by atoms with Crippen molar-refractivity contribution in [3.05, 3.63) is 62.9 Å². The van der Waals surface area contributed by atoms with Gasteiger partial charge in [-0.25, -0.2) is 0 Å². The van der Waals surface area contributed by atoms with E-state index in [9.17, 15) is 0 Å². The van der Waals surface area contributed by atoms with Crippen LogP contribution in [-0.2, 0) is 6.42 Å². The van der Waals surface area contributed by atoms with E-state index in [0.29, 0.717) is 21.5 Å². The van der Waals surface area contributed by atoms with Gasteiger partial charge >= 0.3 is 0 Å². The Labute approximate surface area is 134 Å². The Bertz CT molecular complexity index is 587. The van der Waals surface area contributed by atoms with E-state index in [4.69, 9.17) is 34.8 Å². The molecule has 1 heterocycles. The molecule has 2 nitrogen and oxygen atoms in total. The van der Waals surface area contributed by atoms with Crippen molar-refractivity contribution in [3.63, 3.8) is 0 Å². The number of nitrogens with one attached hydrogen (secondary N) is 1. The number of nitrogens with zero attached hydrogens (tertiary/aromatic N) is 1. The normalized spacial score (nSPS) is 12.4. The van der Waals surface area contributed by atoms with Gasteiger partial charge in [0.05, 0.1) is 16.8 Å². The van der Waals surface area contributed by atoms with Crippen LogP contribution in [0.2, 0.25) is 15.1 Å². The molecule has 0 saturated carbocycles. The lowest BCUT2D eigenvalue weighted by Crippen LogP contribution is -2.24. The lowest BCUT2D eigenvalue weighted by Gasteiger charge is -2.19. The minimum atomic E-state index is 0.00432. The van der Waals surface area contributed by atoms with Crippen molar-refractivity contribution in [2.24, 2.45) is 0 Å². The van der Waals surface area contributed by atoms with Crippen LogP contribution < -0.4 is 5.32 Å². The fourth-order valence-electron chi connectivity index (χ4n) is 2.09. The van der Waals surface area contributed by atoms with E-state index >= 15 is 0 Å². The molecule has 1 N–H and O–H groups in total. The van der Waals surface area contributed by atoms with E-state index in [-0.39, 0.29) is 6.04 Å². The molecule has 1 aromatic heterocycles. The maximum absolute atomic E-state index is 6.23. The van der Waals surface area contributed by atoms with Gasteiger partial charge in [0.15, 0.2) is 0 Å². The molecule has 0 aliphatic rings. The van der Waals surface area contributed by atoms with Gasteiger partial charge in [-0.3, -0.25) is 4.98 Å². The van der Waals surface area contributed by atoms with Crippen molar-refractivity contribution < 1.29 is 0 Å². The first-order valence-electron chi connectivity index (χ1n) is 6.39. The summed E-state index contributed by atoms with van der Waals surface area (Å²) < 4.78 is 0. The molecule has 0 spiro atoms. The highest BCUT2D eigenvalue weighted by molar-refractivity contribution is 6.33. The second-order valence-electron chi connectivity index (χ2n) is 4.42. The topological polar surface area (TPSA) is 24.9 Å². The summed E-state index contributed by atoms with van der Waals surface area (Å²) in [5.41, 5.74) is 1.80. The molecule has 0 saturated heterocycles. The molecule has 1 aromatic carbocycles. The fourth-order valence-corrected chi connectivity index (χ4v) is 2.73. The van der Waals surface area contributed by atoms with Crippen LogP contribution in [0.5, 0.6) is 0 Å². The number of benzene rings is 1. The van der Waals surface area contributed by atoms with E-state index in [1.54, 1.807) is 12.3 Å². The summed E-state index contributed by atoms with van der Waals surface area (Å²) in [5.74, 6) is 0. The number of rotatable bonds is 5. The maximum atomic E-state index is 6.23. The average Bonchev–Trinajstić information content (AvgIpc) is 2.43. The molecule has 0 bridgehead atoms. The highest BCUT2D eigenvalue weighted by Crippen LogP contribution is 2.28. The Morgan fingerprint density at radius 1 is 1.15 bits per heavy atom. The smallest absolute Gasteiger partial charge is 0.0762 e. The van der Waals surface area contributed by atoms with E-state index in [1.165, 1.54) is 0 Å². The van der Waals surface area contributed by atoms with Crippen molar-refractivity contribution in [1.82, 2.24) is 10.3 Å². The van der Waals surface area contributed by atoms with Gasteiger partial charge in [-0.1, -0.05) is 41.7 Å². The number of likely N-dealkylation sites (N-methyl/N-ethyl adjacent to an activating group) is 1. The molecule has 2 aromatic rings. The van der Waals surface area contributed by atoms with Gasteiger partial charge in [0.2, 0.25) is 0 Å². The minimum absolute atomic E-state index is 0.00432. The molecule has 2 rings (SSSR count). The molecule has 20 heavy (non-hydrogen) atoms. The molecule has 0 radical (unpaired) electrons. The molecule has 0 fully saturated rings. The highest BCUT2D eigenvalue weighted by Gasteiger charge is 2.17. The Morgan fingerprint density at radius 3 is 2.65 bits per heavy atom. The van der Waals surface area contributed by atoms with Crippen molar-refractivity contribution in [1.29, 1.82) is 0 Å². The van der Waals surface area contributed by atoms with Crippen molar-refractivity contribution in [2.45, 2.75) is 19.4 Å². The SMILES string of the molecule is CCNC(Cc1cc(Cl)ccc1Cl)c1ncccc1Cl. The first-order chi connectivity index (χ1) is 9.61. The van der Waals surface area contributed by atoms with Gasteiger partial charge in [0.25, 0.3) is 0 Å².